The van der Waals surface area contributed by atoms with Crippen molar-refractivity contribution < 1.29 is 18.0 Å². The van der Waals surface area contributed by atoms with Crippen LogP contribution in [0.1, 0.15) is 6.42 Å². The normalized spacial score (nSPS) is 11.4. The predicted molar refractivity (Wildman–Crippen MR) is 66.2 cm³/mol. The van der Waals surface area contributed by atoms with Gasteiger partial charge in [-0.1, -0.05) is 22.0 Å². The molecule has 0 atom stereocenters. The van der Waals surface area contributed by atoms with E-state index in [4.69, 9.17) is 5.73 Å². The molecule has 3 nitrogen and oxygen atoms in total. The van der Waals surface area contributed by atoms with Gasteiger partial charge < -0.3 is 10.6 Å². The van der Waals surface area contributed by atoms with E-state index in [1.165, 1.54) is 12.1 Å². The molecule has 0 aliphatic carbocycles. The first kappa shape index (κ1) is 15.0. The van der Waals surface area contributed by atoms with Crippen LogP contribution in [0.25, 0.3) is 0 Å². The molecule has 0 spiro atoms. The van der Waals surface area contributed by atoms with Gasteiger partial charge in [0.05, 0.1) is 0 Å². The van der Waals surface area contributed by atoms with E-state index in [9.17, 15) is 18.0 Å². The van der Waals surface area contributed by atoms with E-state index in [0.29, 0.717) is 15.8 Å². The molecule has 0 aliphatic heterocycles. The first-order valence-corrected chi connectivity index (χ1v) is 6.00. The molecule has 7 heteroatoms. The molecule has 0 saturated heterocycles. The van der Waals surface area contributed by atoms with Crippen molar-refractivity contribution in [2.45, 2.75) is 12.6 Å². The second-order valence-corrected chi connectivity index (χ2v) is 4.49. The molecule has 1 amide bonds. The highest BCUT2D eigenvalue weighted by Gasteiger charge is 2.42. The fourth-order valence-electron chi connectivity index (χ4n) is 1.39. The molecular weight excluding hydrogens is 313 g/mol. The molecule has 0 saturated carbocycles. The molecule has 0 radical (unpaired) electrons. The van der Waals surface area contributed by atoms with Crippen molar-refractivity contribution in [1.82, 2.24) is 0 Å². The Morgan fingerprint density at radius 1 is 1.39 bits per heavy atom. The standard InChI is InChI=1S/C11H12BrF3N2O/c12-8-3-1-4-9(7-8)17(6-2-5-16)10(18)11(13,14)15/h1,3-4,7H,2,5-6,16H2. The zero-order valence-corrected chi connectivity index (χ0v) is 11.0. The van der Waals surface area contributed by atoms with Crippen molar-refractivity contribution >= 4 is 27.5 Å². The Morgan fingerprint density at radius 3 is 2.56 bits per heavy atom. The van der Waals surface area contributed by atoms with Gasteiger partial charge >= 0.3 is 12.1 Å². The van der Waals surface area contributed by atoms with Crippen LogP contribution in [0.2, 0.25) is 0 Å². The zero-order valence-electron chi connectivity index (χ0n) is 9.38. The van der Waals surface area contributed by atoms with Crippen LogP contribution in [0.4, 0.5) is 18.9 Å². The van der Waals surface area contributed by atoms with Crippen molar-refractivity contribution in [3.8, 4) is 0 Å². The van der Waals surface area contributed by atoms with Crippen LogP contribution in [0.15, 0.2) is 28.7 Å². The van der Waals surface area contributed by atoms with E-state index in [1.54, 1.807) is 12.1 Å². The molecule has 0 heterocycles. The number of carbonyl (C=O) groups is 1. The van der Waals surface area contributed by atoms with E-state index in [1.807, 2.05) is 0 Å². The van der Waals surface area contributed by atoms with Crippen LogP contribution in [-0.4, -0.2) is 25.2 Å². The fourth-order valence-corrected chi connectivity index (χ4v) is 1.78. The molecule has 0 fully saturated rings. The average Bonchev–Trinajstić information content (AvgIpc) is 2.28. The number of anilines is 1. The summed E-state index contributed by atoms with van der Waals surface area (Å²) in [6.45, 7) is 0.154. The summed E-state index contributed by atoms with van der Waals surface area (Å²) in [5, 5.41) is 0. The summed E-state index contributed by atoms with van der Waals surface area (Å²) in [5.41, 5.74) is 5.46. The highest BCUT2D eigenvalue weighted by Crippen LogP contribution is 2.25. The van der Waals surface area contributed by atoms with Gasteiger partial charge in [-0.05, 0) is 31.2 Å². The molecule has 18 heavy (non-hydrogen) atoms. The van der Waals surface area contributed by atoms with Gasteiger partial charge in [-0.15, -0.1) is 0 Å². The van der Waals surface area contributed by atoms with Crippen LogP contribution < -0.4 is 10.6 Å². The molecule has 1 aromatic carbocycles. The van der Waals surface area contributed by atoms with Crippen molar-refractivity contribution in [2.75, 3.05) is 18.0 Å². The lowest BCUT2D eigenvalue weighted by Gasteiger charge is -2.23. The Balaban J connectivity index is 3.02. The van der Waals surface area contributed by atoms with Crippen molar-refractivity contribution in [1.29, 1.82) is 0 Å². The summed E-state index contributed by atoms with van der Waals surface area (Å²) in [6, 6.07) is 6.15. The summed E-state index contributed by atoms with van der Waals surface area (Å²) in [4.78, 5) is 12.0. The van der Waals surface area contributed by atoms with E-state index in [-0.39, 0.29) is 18.8 Å². The topological polar surface area (TPSA) is 46.3 Å². The number of nitrogens with two attached hydrogens (primary N) is 1. The van der Waals surface area contributed by atoms with Gasteiger partial charge in [-0.2, -0.15) is 13.2 Å². The quantitative estimate of drug-likeness (QED) is 0.925. The Labute approximate surface area is 111 Å². The molecule has 0 aliphatic rings. The van der Waals surface area contributed by atoms with Gasteiger partial charge in [-0.25, -0.2) is 0 Å². The van der Waals surface area contributed by atoms with Crippen molar-refractivity contribution in [3.05, 3.63) is 28.7 Å². The molecular formula is C11H12BrF3N2O. The van der Waals surface area contributed by atoms with Crippen molar-refractivity contribution in [3.63, 3.8) is 0 Å². The van der Waals surface area contributed by atoms with Gasteiger partial charge in [0.15, 0.2) is 0 Å². The molecule has 1 aromatic rings. The Kier molecular flexibility index (Phi) is 5.15. The smallest absolute Gasteiger partial charge is 0.330 e. The Bertz CT molecular complexity index is 423. The van der Waals surface area contributed by atoms with Crippen LogP contribution >= 0.6 is 15.9 Å². The molecule has 100 valence electrons. The lowest BCUT2D eigenvalue weighted by Crippen LogP contribution is -2.42. The SMILES string of the molecule is NCCCN(C(=O)C(F)(F)F)c1cccc(Br)c1. The van der Waals surface area contributed by atoms with Crippen LogP contribution in [-0.2, 0) is 4.79 Å². The number of nitrogens with zero attached hydrogens (tertiary/aromatic N) is 1. The molecule has 0 unspecified atom stereocenters. The minimum atomic E-state index is -4.89. The number of benzene rings is 1. The minimum Gasteiger partial charge on any atom is -0.330 e. The third-order valence-corrected chi connectivity index (χ3v) is 2.69. The highest BCUT2D eigenvalue weighted by atomic mass is 79.9. The molecule has 0 bridgehead atoms. The number of hydrogen-bond acceptors (Lipinski definition) is 2. The minimum absolute atomic E-state index is 0.0642. The van der Waals surface area contributed by atoms with Gasteiger partial charge in [0.1, 0.15) is 0 Å². The van der Waals surface area contributed by atoms with Gasteiger partial charge in [-0.3, -0.25) is 4.79 Å². The predicted octanol–water partition coefficient (Wildman–Crippen LogP) is 2.69. The Morgan fingerprint density at radius 2 is 2.06 bits per heavy atom. The summed E-state index contributed by atoms with van der Waals surface area (Å²) >= 11 is 3.15. The summed E-state index contributed by atoms with van der Waals surface area (Å²) in [7, 11) is 0. The second-order valence-electron chi connectivity index (χ2n) is 3.58. The number of halogens is 4. The lowest BCUT2D eigenvalue weighted by atomic mass is 10.2. The fraction of sp³-hybridized carbons (Fsp3) is 0.364. The monoisotopic (exact) mass is 324 g/mol. The first-order chi connectivity index (χ1) is 8.36. The summed E-state index contributed by atoms with van der Waals surface area (Å²) < 4.78 is 38.0. The Hall–Kier alpha value is -1.08. The van der Waals surface area contributed by atoms with Gasteiger partial charge in [0.2, 0.25) is 0 Å². The highest BCUT2D eigenvalue weighted by molar-refractivity contribution is 9.10. The number of hydrogen-bond donors (Lipinski definition) is 1. The first-order valence-electron chi connectivity index (χ1n) is 5.20. The van der Waals surface area contributed by atoms with Crippen LogP contribution in [0.3, 0.4) is 0 Å². The maximum absolute atomic E-state index is 12.5. The molecule has 0 aromatic heterocycles. The maximum atomic E-state index is 12.5. The average molecular weight is 325 g/mol. The largest absolute Gasteiger partial charge is 0.471 e. The van der Waals surface area contributed by atoms with Crippen LogP contribution in [0.5, 0.6) is 0 Å². The van der Waals surface area contributed by atoms with E-state index in [0.717, 1.165) is 0 Å². The van der Waals surface area contributed by atoms with E-state index >= 15 is 0 Å². The second kappa shape index (κ2) is 6.19. The van der Waals surface area contributed by atoms with Crippen LogP contribution in [0, 0.1) is 0 Å². The summed E-state index contributed by atoms with van der Waals surface area (Å²) in [5.74, 6) is -1.88. The molecule has 1 rings (SSSR count). The zero-order chi connectivity index (χ0) is 13.8. The number of rotatable bonds is 4. The number of alkyl halides is 3. The molecule has 2 N–H and O–H groups in total. The lowest BCUT2D eigenvalue weighted by molar-refractivity contribution is -0.170. The summed E-state index contributed by atoms with van der Waals surface area (Å²) in [6.07, 6.45) is -4.59. The maximum Gasteiger partial charge on any atom is 0.471 e. The number of amides is 1. The number of carbonyl (C=O) groups excluding carboxylic acids is 1. The van der Waals surface area contributed by atoms with Crippen molar-refractivity contribution in [2.24, 2.45) is 5.73 Å². The third kappa shape index (κ3) is 3.99. The van der Waals surface area contributed by atoms with E-state index in [2.05, 4.69) is 15.9 Å². The third-order valence-electron chi connectivity index (χ3n) is 2.19. The van der Waals surface area contributed by atoms with E-state index < -0.39 is 12.1 Å². The van der Waals surface area contributed by atoms with Gasteiger partial charge in [0.25, 0.3) is 0 Å². The van der Waals surface area contributed by atoms with Gasteiger partial charge in [0, 0.05) is 16.7 Å².